The lowest BCUT2D eigenvalue weighted by Gasteiger charge is -2.37. The van der Waals surface area contributed by atoms with Crippen LogP contribution in [0.15, 0.2) is 107 Å². The normalized spacial score (nSPS) is 19.9. The molecule has 0 saturated heterocycles. The van der Waals surface area contributed by atoms with Crippen LogP contribution in [0.4, 0.5) is 0 Å². The van der Waals surface area contributed by atoms with Crippen molar-refractivity contribution in [2.45, 2.75) is 64.1 Å². The second-order valence-electron chi connectivity index (χ2n) is 13.9. The molecule has 5 atom stereocenters. The Labute approximate surface area is 302 Å². The summed E-state index contributed by atoms with van der Waals surface area (Å²) < 4.78 is 0. The minimum Gasteiger partial charge on any atom is -0.509 e. The van der Waals surface area contributed by atoms with Gasteiger partial charge in [0.1, 0.15) is 17.6 Å². The number of carbonyl (C=O) groups excluding carboxylic acids is 2. The third kappa shape index (κ3) is 6.63. The predicted octanol–water partition coefficient (Wildman–Crippen LogP) is 6.00. The van der Waals surface area contributed by atoms with Crippen LogP contribution in [-0.4, -0.2) is 67.8 Å². The first kappa shape index (κ1) is 36.2. The van der Waals surface area contributed by atoms with Gasteiger partial charge in [-0.05, 0) is 65.7 Å². The van der Waals surface area contributed by atoms with Gasteiger partial charge in [-0.25, -0.2) is 0 Å². The summed E-state index contributed by atoms with van der Waals surface area (Å²) in [5.74, 6) is -4.17. The quantitative estimate of drug-likeness (QED) is 0.0978. The molecular weight excluding hydrogens is 660 g/mol. The van der Waals surface area contributed by atoms with E-state index in [1.807, 2.05) is 74.5 Å². The van der Waals surface area contributed by atoms with E-state index in [1.54, 1.807) is 26.0 Å². The molecule has 10 heteroatoms. The molecule has 6 rings (SSSR count). The number of allylic oxidation sites excluding steroid dienone is 1. The molecule has 270 valence electrons. The van der Waals surface area contributed by atoms with Gasteiger partial charge in [0, 0.05) is 41.8 Å². The van der Waals surface area contributed by atoms with E-state index in [0.717, 1.165) is 11.1 Å². The van der Waals surface area contributed by atoms with Gasteiger partial charge < -0.3 is 41.3 Å². The summed E-state index contributed by atoms with van der Waals surface area (Å²) in [6.45, 7) is 7.87. The summed E-state index contributed by atoms with van der Waals surface area (Å²) in [5, 5.41) is 73.1. The molecule has 0 heterocycles. The number of nitrogens with one attached hydrogen (secondary N) is 2. The molecule has 4 aromatic carbocycles. The number of carbonyl (C=O) groups is 2. The fourth-order valence-corrected chi connectivity index (χ4v) is 7.45. The van der Waals surface area contributed by atoms with Gasteiger partial charge in [0.05, 0.1) is 17.2 Å². The van der Waals surface area contributed by atoms with Gasteiger partial charge >= 0.3 is 0 Å². The van der Waals surface area contributed by atoms with Crippen molar-refractivity contribution in [3.05, 3.63) is 135 Å². The number of aryl methyl sites for hydroxylation is 1. The Morgan fingerprint density at radius 1 is 0.769 bits per heavy atom. The second kappa shape index (κ2) is 14.6. The van der Waals surface area contributed by atoms with E-state index in [4.69, 9.17) is 0 Å². The van der Waals surface area contributed by atoms with Crippen molar-refractivity contribution in [1.29, 1.82) is 0 Å². The average molecular weight is 705 g/mol. The lowest BCUT2D eigenvalue weighted by atomic mass is 9.71. The zero-order valence-corrected chi connectivity index (χ0v) is 29.5. The van der Waals surface area contributed by atoms with E-state index in [9.17, 15) is 40.2 Å². The standard InChI is InChI=1S/C42H44N2O8/c1-21-15-27-29(17-31(45)39(49)35(27)41(51)43-19-23(3)25-11-7-5-8-12-25)37(47)33(21)34-22(2)16-28-30(38(34)48)18-32(46)40(50)36(28)42(52)44-20-24(4)26-13-9-6-10-14-26/h5-17,23-24,32,34,38,45-50H,18-20H2,1-4H3,(H,43,51)(H,44,52)/t23-,24?,32+,34-,38?/m0/s1. The zero-order valence-electron chi connectivity index (χ0n) is 29.5. The molecule has 2 amide bonds. The van der Waals surface area contributed by atoms with Crippen LogP contribution in [0.1, 0.15) is 77.6 Å². The van der Waals surface area contributed by atoms with Crippen LogP contribution >= 0.6 is 0 Å². The molecule has 0 aliphatic heterocycles. The minimum absolute atomic E-state index is 0.0295. The molecule has 2 aliphatic rings. The zero-order chi connectivity index (χ0) is 37.4. The number of hydrogen-bond acceptors (Lipinski definition) is 8. The largest absolute Gasteiger partial charge is 0.509 e. The summed E-state index contributed by atoms with van der Waals surface area (Å²) in [5.41, 5.74) is 3.71. The fourth-order valence-electron chi connectivity index (χ4n) is 7.45. The summed E-state index contributed by atoms with van der Waals surface area (Å²) in [6, 6.07) is 22.1. The summed E-state index contributed by atoms with van der Waals surface area (Å²) >= 11 is 0. The number of phenolic OH excluding ortho intramolecular Hbond substituents is 3. The van der Waals surface area contributed by atoms with Crippen molar-refractivity contribution in [2.24, 2.45) is 0 Å². The molecule has 0 fully saturated rings. The van der Waals surface area contributed by atoms with Crippen molar-refractivity contribution in [1.82, 2.24) is 10.6 Å². The van der Waals surface area contributed by atoms with Gasteiger partial charge in [-0.3, -0.25) is 9.59 Å². The van der Waals surface area contributed by atoms with E-state index in [1.165, 1.54) is 6.07 Å². The Kier molecular flexibility index (Phi) is 10.2. The Morgan fingerprint density at radius 2 is 1.33 bits per heavy atom. The monoisotopic (exact) mass is 704 g/mol. The van der Waals surface area contributed by atoms with Gasteiger partial charge in [-0.1, -0.05) is 86.2 Å². The third-order valence-electron chi connectivity index (χ3n) is 10.4. The number of rotatable bonds is 9. The number of amides is 2. The highest BCUT2D eigenvalue weighted by Gasteiger charge is 2.41. The van der Waals surface area contributed by atoms with E-state index in [0.29, 0.717) is 27.8 Å². The molecule has 0 radical (unpaired) electrons. The number of phenols is 3. The maximum absolute atomic E-state index is 13.6. The van der Waals surface area contributed by atoms with Crippen molar-refractivity contribution < 1.29 is 40.2 Å². The van der Waals surface area contributed by atoms with Gasteiger partial charge in [0.15, 0.2) is 11.5 Å². The molecule has 0 aromatic heterocycles. The average Bonchev–Trinajstić information content (AvgIpc) is 3.13. The SMILES string of the molecule is CC1=CC2=C(C[C@@H](O)C(O)=C2C(=O)NCC(C)c2ccccc2)C(O)[C@@H]1c1c(C)cc2c(C(=O)NC[C@H](C)c3ccccc3)c(O)c(O)cc2c1O. The van der Waals surface area contributed by atoms with Crippen molar-refractivity contribution in [3.63, 3.8) is 0 Å². The van der Waals surface area contributed by atoms with Crippen molar-refractivity contribution in [2.75, 3.05) is 13.1 Å². The molecule has 52 heavy (non-hydrogen) atoms. The highest BCUT2D eigenvalue weighted by Crippen LogP contribution is 2.50. The molecule has 4 aromatic rings. The highest BCUT2D eigenvalue weighted by atomic mass is 16.3. The summed E-state index contributed by atoms with van der Waals surface area (Å²) in [4.78, 5) is 27.1. The lowest BCUT2D eigenvalue weighted by Crippen LogP contribution is -2.37. The molecule has 0 saturated carbocycles. The van der Waals surface area contributed by atoms with E-state index in [2.05, 4.69) is 10.6 Å². The Hall–Kier alpha value is -5.58. The predicted molar refractivity (Wildman–Crippen MR) is 199 cm³/mol. The minimum atomic E-state index is -1.44. The second-order valence-corrected chi connectivity index (χ2v) is 13.9. The first-order chi connectivity index (χ1) is 24.8. The molecular formula is C42H44N2O8. The first-order valence-electron chi connectivity index (χ1n) is 17.4. The lowest BCUT2D eigenvalue weighted by molar-refractivity contribution is -0.117. The highest BCUT2D eigenvalue weighted by molar-refractivity contribution is 6.12. The molecule has 0 spiro atoms. The molecule has 8 N–H and O–H groups in total. The number of hydrogen-bond donors (Lipinski definition) is 8. The Balaban J connectivity index is 1.32. The van der Waals surface area contributed by atoms with Crippen LogP contribution < -0.4 is 10.6 Å². The van der Waals surface area contributed by atoms with Gasteiger partial charge in [-0.15, -0.1) is 0 Å². The van der Waals surface area contributed by atoms with Crippen LogP contribution in [0, 0.1) is 6.92 Å². The van der Waals surface area contributed by atoms with E-state index >= 15 is 0 Å². The summed E-state index contributed by atoms with van der Waals surface area (Å²) in [6.07, 6.45) is -1.23. The number of aliphatic hydroxyl groups is 3. The van der Waals surface area contributed by atoms with E-state index in [-0.39, 0.29) is 59.0 Å². The van der Waals surface area contributed by atoms with Crippen LogP contribution in [0.5, 0.6) is 17.2 Å². The molecule has 0 bridgehead atoms. The maximum atomic E-state index is 13.6. The van der Waals surface area contributed by atoms with Crippen LogP contribution in [0.25, 0.3) is 10.8 Å². The summed E-state index contributed by atoms with van der Waals surface area (Å²) in [7, 11) is 0. The number of aliphatic hydroxyl groups excluding tert-OH is 3. The van der Waals surface area contributed by atoms with Crippen molar-refractivity contribution in [3.8, 4) is 17.2 Å². The maximum Gasteiger partial charge on any atom is 0.255 e. The van der Waals surface area contributed by atoms with Gasteiger partial charge in [0.2, 0.25) is 0 Å². The molecule has 2 unspecified atom stereocenters. The van der Waals surface area contributed by atoms with Gasteiger partial charge in [0.25, 0.3) is 11.8 Å². The number of benzene rings is 4. The first-order valence-corrected chi connectivity index (χ1v) is 17.4. The fraction of sp³-hybridized carbons (Fsp3) is 0.286. The molecule has 2 aliphatic carbocycles. The van der Waals surface area contributed by atoms with Crippen LogP contribution in [0.3, 0.4) is 0 Å². The van der Waals surface area contributed by atoms with Crippen LogP contribution in [-0.2, 0) is 4.79 Å². The number of fused-ring (bicyclic) bond motifs is 1. The Bertz CT molecular complexity index is 2140. The molecule has 10 nitrogen and oxygen atoms in total. The van der Waals surface area contributed by atoms with Gasteiger partial charge in [-0.2, -0.15) is 0 Å². The van der Waals surface area contributed by atoms with Crippen molar-refractivity contribution >= 4 is 22.6 Å². The van der Waals surface area contributed by atoms with E-state index < -0.39 is 47.2 Å². The third-order valence-corrected chi connectivity index (χ3v) is 10.4. The Morgan fingerprint density at radius 3 is 1.90 bits per heavy atom. The smallest absolute Gasteiger partial charge is 0.255 e. The van der Waals surface area contributed by atoms with Crippen LogP contribution in [0.2, 0.25) is 0 Å². The number of aromatic hydroxyl groups is 3. The topological polar surface area (TPSA) is 180 Å².